The van der Waals surface area contributed by atoms with Crippen LogP contribution in [0.25, 0.3) is 0 Å². The van der Waals surface area contributed by atoms with Crippen LogP contribution in [0.3, 0.4) is 0 Å². The molecule has 1 aromatic carbocycles. The van der Waals surface area contributed by atoms with E-state index in [9.17, 15) is 9.59 Å². The smallest absolute Gasteiger partial charge is 0.257 e. The van der Waals surface area contributed by atoms with Crippen LogP contribution in [-0.2, 0) is 17.6 Å². The molecule has 2 aromatic rings. The van der Waals surface area contributed by atoms with E-state index in [0.29, 0.717) is 0 Å². The first kappa shape index (κ1) is 17.8. The number of fused-ring (bicyclic) bond motifs is 2. The second-order valence-corrected chi connectivity index (χ2v) is 8.72. The van der Waals surface area contributed by atoms with Crippen LogP contribution < -0.4 is 10.9 Å². The van der Waals surface area contributed by atoms with E-state index in [2.05, 4.69) is 21.2 Å². The second kappa shape index (κ2) is 7.19. The van der Waals surface area contributed by atoms with Crippen LogP contribution in [0.2, 0.25) is 0 Å². The zero-order valence-electron chi connectivity index (χ0n) is 14.5. The molecule has 26 heavy (non-hydrogen) atoms. The van der Waals surface area contributed by atoms with E-state index in [1.165, 1.54) is 0 Å². The highest BCUT2D eigenvalue weighted by Crippen LogP contribution is 2.34. The predicted molar refractivity (Wildman–Crippen MR) is 107 cm³/mol. The fraction of sp³-hybridized carbons (Fsp3) is 0.421. The summed E-state index contributed by atoms with van der Waals surface area (Å²) in [6.45, 7) is 1.98. The van der Waals surface area contributed by atoms with Crippen LogP contribution in [0.15, 0.2) is 32.6 Å². The van der Waals surface area contributed by atoms with Crippen LogP contribution in [0.5, 0.6) is 0 Å². The van der Waals surface area contributed by atoms with Gasteiger partial charge in [-0.2, -0.15) is 0 Å². The Kier molecular flexibility index (Phi) is 4.92. The molecule has 5 nitrogen and oxygen atoms in total. The number of amides is 1. The molecule has 1 N–H and O–H groups in total. The van der Waals surface area contributed by atoms with Crippen LogP contribution >= 0.6 is 27.7 Å². The van der Waals surface area contributed by atoms with E-state index in [-0.39, 0.29) is 23.9 Å². The number of hydrogen-bond donors (Lipinski definition) is 1. The number of thioether (sulfide) groups is 1. The number of anilines is 1. The normalized spacial score (nSPS) is 18.3. The molecule has 2 heterocycles. The minimum atomic E-state index is -0.126. The molecule has 4 rings (SSSR count). The third-order valence-corrected chi connectivity index (χ3v) is 6.97. The van der Waals surface area contributed by atoms with Gasteiger partial charge in [0.25, 0.3) is 5.56 Å². The van der Waals surface area contributed by atoms with E-state index in [1.807, 2.05) is 25.1 Å². The average Bonchev–Trinajstić information content (AvgIpc) is 3.01. The van der Waals surface area contributed by atoms with Gasteiger partial charge in [-0.1, -0.05) is 27.7 Å². The van der Waals surface area contributed by atoms with Crippen LogP contribution in [0, 0.1) is 6.92 Å². The number of hydrogen-bond acceptors (Lipinski definition) is 4. The largest absolute Gasteiger partial charge is 0.326 e. The van der Waals surface area contributed by atoms with Gasteiger partial charge >= 0.3 is 0 Å². The fourth-order valence-electron chi connectivity index (χ4n) is 3.61. The summed E-state index contributed by atoms with van der Waals surface area (Å²) in [7, 11) is 0. The molecule has 1 aliphatic carbocycles. The molecular weight excluding hydrogens is 414 g/mol. The number of nitrogens with zero attached hydrogens (tertiary/aromatic N) is 2. The van der Waals surface area contributed by atoms with Crippen molar-refractivity contribution in [1.29, 1.82) is 0 Å². The van der Waals surface area contributed by atoms with Crippen LogP contribution in [0.1, 0.15) is 42.1 Å². The van der Waals surface area contributed by atoms with Crippen LogP contribution in [-0.4, -0.2) is 21.2 Å². The highest BCUT2D eigenvalue weighted by molar-refractivity contribution is 9.10. The summed E-state index contributed by atoms with van der Waals surface area (Å²) in [5, 5.41) is 3.72. The lowest BCUT2D eigenvalue weighted by molar-refractivity contribution is -0.116. The number of aryl methyl sites for hydroxylation is 2. The molecule has 0 fully saturated rings. The highest BCUT2D eigenvalue weighted by Gasteiger charge is 2.30. The Labute approximate surface area is 164 Å². The van der Waals surface area contributed by atoms with Gasteiger partial charge in [0, 0.05) is 27.9 Å². The third kappa shape index (κ3) is 3.34. The molecule has 0 radical (unpaired) electrons. The van der Waals surface area contributed by atoms with Crippen molar-refractivity contribution in [3.05, 3.63) is 49.8 Å². The van der Waals surface area contributed by atoms with Crippen molar-refractivity contribution in [2.24, 2.45) is 0 Å². The van der Waals surface area contributed by atoms with Gasteiger partial charge in [-0.15, -0.1) is 0 Å². The Morgan fingerprint density at radius 3 is 3.00 bits per heavy atom. The molecule has 0 bridgehead atoms. The summed E-state index contributed by atoms with van der Waals surface area (Å²) in [5.74, 6) is 0.646. The summed E-state index contributed by atoms with van der Waals surface area (Å²) >= 11 is 5.04. The predicted octanol–water partition coefficient (Wildman–Crippen LogP) is 3.87. The van der Waals surface area contributed by atoms with Crippen molar-refractivity contribution in [2.75, 3.05) is 11.1 Å². The number of halogens is 1. The van der Waals surface area contributed by atoms with Gasteiger partial charge in [-0.25, -0.2) is 4.98 Å². The Bertz CT molecular complexity index is 941. The van der Waals surface area contributed by atoms with E-state index in [1.54, 1.807) is 16.3 Å². The maximum absolute atomic E-state index is 12.9. The molecule has 1 aromatic heterocycles. The van der Waals surface area contributed by atoms with Gasteiger partial charge in [0.05, 0.1) is 11.7 Å². The number of aromatic nitrogens is 2. The van der Waals surface area contributed by atoms with Gasteiger partial charge in [0.15, 0.2) is 5.16 Å². The highest BCUT2D eigenvalue weighted by atomic mass is 79.9. The number of benzene rings is 1. The zero-order chi connectivity index (χ0) is 18.3. The molecule has 7 heteroatoms. The fourth-order valence-corrected chi connectivity index (χ4v) is 5.01. The monoisotopic (exact) mass is 433 g/mol. The molecule has 2 aliphatic rings. The van der Waals surface area contributed by atoms with Crippen molar-refractivity contribution in [2.45, 2.75) is 50.2 Å². The maximum Gasteiger partial charge on any atom is 0.257 e. The minimum absolute atomic E-state index is 0.0620. The van der Waals surface area contributed by atoms with Gasteiger partial charge in [-0.3, -0.25) is 14.2 Å². The molecule has 0 saturated carbocycles. The Hall–Kier alpha value is -1.60. The first-order chi connectivity index (χ1) is 12.5. The van der Waals surface area contributed by atoms with Crippen molar-refractivity contribution >= 4 is 39.3 Å². The molecular formula is C19H20BrN3O2S. The molecule has 1 atom stereocenters. The van der Waals surface area contributed by atoms with Crippen molar-refractivity contribution in [1.82, 2.24) is 9.55 Å². The summed E-state index contributed by atoms with van der Waals surface area (Å²) in [6.07, 6.45) is 4.14. The average molecular weight is 434 g/mol. The Balaban J connectivity index is 1.53. The van der Waals surface area contributed by atoms with E-state index < -0.39 is 0 Å². The lowest BCUT2D eigenvalue weighted by Gasteiger charge is -2.18. The number of rotatable bonds is 3. The van der Waals surface area contributed by atoms with Gasteiger partial charge in [-0.05, 0) is 56.4 Å². The first-order valence-electron chi connectivity index (χ1n) is 8.86. The van der Waals surface area contributed by atoms with Crippen LogP contribution in [0.4, 0.5) is 5.69 Å². The van der Waals surface area contributed by atoms with Crippen molar-refractivity contribution in [3.8, 4) is 0 Å². The SMILES string of the molecule is Cc1cc(NC(=O)CC2CSc3nc4c(c(=O)n32)CCCC4)ccc1Br. The van der Waals surface area contributed by atoms with E-state index >= 15 is 0 Å². The van der Waals surface area contributed by atoms with E-state index in [0.717, 1.165) is 63.6 Å². The van der Waals surface area contributed by atoms with Crippen molar-refractivity contribution < 1.29 is 4.79 Å². The number of carbonyl (C=O) groups excluding carboxylic acids is 1. The lowest BCUT2D eigenvalue weighted by Crippen LogP contribution is -2.32. The molecule has 1 aliphatic heterocycles. The lowest BCUT2D eigenvalue weighted by atomic mass is 9.97. The summed E-state index contributed by atoms with van der Waals surface area (Å²) in [6, 6.07) is 5.60. The maximum atomic E-state index is 12.9. The summed E-state index contributed by atoms with van der Waals surface area (Å²) in [4.78, 5) is 30.1. The number of carbonyl (C=O) groups is 1. The zero-order valence-corrected chi connectivity index (χ0v) is 17.0. The van der Waals surface area contributed by atoms with Crippen molar-refractivity contribution in [3.63, 3.8) is 0 Å². The summed E-state index contributed by atoms with van der Waals surface area (Å²) < 4.78 is 2.76. The van der Waals surface area contributed by atoms with E-state index in [4.69, 9.17) is 4.98 Å². The quantitative estimate of drug-likeness (QED) is 0.746. The Morgan fingerprint density at radius 2 is 2.19 bits per heavy atom. The third-order valence-electron chi connectivity index (χ3n) is 4.99. The molecule has 1 amide bonds. The molecule has 136 valence electrons. The second-order valence-electron chi connectivity index (χ2n) is 6.88. The summed E-state index contributed by atoms with van der Waals surface area (Å²) in [5.41, 5.74) is 3.73. The standard InChI is InChI=1S/C19H20BrN3O2S/c1-11-8-12(6-7-15(11)20)21-17(24)9-13-10-26-19-22-16-5-3-2-4-14(16)18(25)23(13)19/h6-8,13H,2-5,9-10H2,1H3,(H,21,24). The van der Waals surface area contributed by atoms with Gasteiger partial charge in [0.2, 0.25) is 5.91 Å². The number of nitrogens with one attached hydrogen (secondary N) is 1. The molecule has 0 spiro atoms. The van der Waals surface area contributed by atoms with Gasteiger partial charge < -0.3 is 5.32 Å². The first-order valence-corrected chi connectivity index (χ1v) is 10.6. The minimum Gasteiger partial charge on any atom is -0.326 e. The molecule has 0 saturated heterocycles. The topological polar surface area (TPSA) is 64.0 Å². The Morgan fingerprint density at radius 1 is 1.38 bits per heavy atom. The van der Waals surface area contributed by atoms with Gasteiger partial charge in [0.1, 0.15) is 0 Å². The molecule has 1 unspecified atom stereocenters.